The Hall–Kier alpha value is -1.75. The fourth-order valence-corrected chi connectivity index (χ4v) is 2.12. The summed E-state index contributed by atoms with van der Waals surface area (Å²) in [5.41, 5.74) is 1.17. The number of aliphatic imine (C=N–C) groups is 1. The molecule has 5 heteroatoms. The van der Waals surface area contributed by atoms with Crippen LogP contribution in [0.25, 0.3) is 0 Å². The fourth-order valence-electron chi connectivity index (χ4n) is 2.12. The van der Waals surface area contributed by atoms with E-state index in [1.165, 1.54) is 5.56 Å². The summed E-state index contributed by atoms with van der Waals surface area (Å²) in [5, 5.41) is 6.67. The van der Waals surface area contributed by atoms with Crippen molar-refractivity contribution in [3.63, 3.8) is 0 Å². The highest BCUT2D eigenvalue weighted by Gasteiger charge is 2.01. The average molecular weight is 306 g/mol. The molecule has 0 spiro atoms. The van der Waals surface area contributed by atoms with Gasteiger partial charge in [0.15, 0.2) is 5.96 Å². The lowest BCUT2D eigenvalue weighted by molar-refractivity contribution is 0.308. The molecule has 5 nitrogen and oxygen atoms in total. The van der Waals surface area contributed by atoms with Gasteiger partial charge in [-0.2, -0.15) is 0 Å². The molecule has 124 valence electrons. The van der Waals surface area contributed by atoms with Gasteiger partial charge in [-0.15, -0.1) is 0 Å². The lowest BCUT2D eigenvalue weighted by atomic mass is 10.2. The molecule has 1 rings (SSSR count). The van der Waals surface area contributed by atoms with Crippen molar-refractivity contribution in [3.05, 3.63) is 29.8 Å². The van der Waals surface area contributed by atoms with E-state index in [2.05, 4.69) is 41.3 Å². The molecule has 0 fully saturated rings. The van der Waals surface area contributed by atoms with Gasteiger partial charge in [0.05, 0.1) is 13.7 Å². The number of guanidine groups is 1. The van der Waals surface area contributed by atoms with E-state index < -0.39 is 0 Å². The summed E-state index contributed by atoms with van der Waals surface area (Å²) in [7, 11) is 1.68. The predicted molar refractivity (Wildman–Crippen MR) is 93.6 cm³/mol. The van der Waals surface area contributed by atoms with Crippen molar-refractivity contribution in [2.24, 2.45) is 4.99 Å². The van der Waals surface area contributed by atoms with E-state index in [-0.39, 0.29) is 0 Å². The third kappa shape index (κ3) is 6.80. The van der Waals surface area contributed by atoms with Crippen LogP contribution < -0.4 is 15.4 Å². The van der Waals surface area contributed by atoms with Gasteiger partial charge in [0.1, 0.15) is 5.75 Å². The number of nitrogens with zero attached hydrogens (tertiary/aromatic N) is 2. The van der Waals surface area contributed by atoms with Crippen LogP contribution in [0, 0.1) is 0 Å². The number of methoxy groups -OCH3 is 1. The normalized spacial score (nSPS) is 11.6. The van der Waals surface area contributed by atoms with E-state index in [1.807, 2.05) is 24.3 Å². The van der Waals surface area contributed by atoms with Gasteiger partial charge in [0.25, 0.3) is 0 Å². The summed E-state index contributed by atoms with van der Waals surface area (Å²) in [6.45, 7) is 12.1. The van der Waals surface area contributed by atoms with Crippen molar-refractivity contribution in [2.45, 2.75) is 27.3 Å². The standard InChI is InChI=1S/C17H30N4O/c1-5-18-17(19-12-13-21(6-2)7-3)20-14-15-8-10-16(22-4)11-9-15/h8-11H,5-7,12-14H2,1-4H3,(H2,18,19,20). The van der Waals surface area contributed by atoms with E-state index in [1.54, 1.807) is 7.11 Å². The molecule has 0 aliphatic heterocycles. The Balaban J connectivity index is 2.49. The molecule has 0 unspecified atom stereocenters. The van der Waals surface area contributed by atoms with E-state index in [0.717, 1.165) is 44.4 Å². The van der Waals surface area contributed by atoms with Gasteiger partial charge in [-0.1, -0.05) is 26.0 Å². The number of likely N-dealkylation sites (N-methyl/N-ethyl adjacent to an activating group) is 1. The Labute approximate surface area is 134 Å². The molecule has 0 aliphatic carbocycles. The summed E-state index contributed by atoms with van der Waals surface area (Å²) < 4.78 is 5.16. The molecule has 1 aromatic rings. The van der Waals surface area contributed by atoms with E-state index in [4.69, 9.17) is 4.74 Å². The smallest absolute Gasteiger partial charge is 0.191 e. The zero-order valence-electron chi connectivity index (χ0n) is 14.4. The van der Waals surface area contributed by atoms with Crippen LogP contribution in [0.3, 0.4) is 0 Å². The number of benzene rings is 1. The van der Waals surface area contributed by atoms with Gasteiger partial charge >= 0.3 is 0 Å². The van der Waals surface area contributed by atoms with E-state index >= 15 is 0 Å². The Morgan fingerprint density at radius 1 is 1.09 bits per heavy atom. The highest BCUT2D eigenvalue weighted by Crippen LogP contribution is 2.11. The second-order valence-corrected chi connectivity index (χ2v) is 5.00. The van der Waals surface area contributed by atoms with Crippen molar-refractivity contribution in [3.8, 4) is 5.75 Å². The largest absolute Gasteiger partial charge is 0.497 e. The number of ether oxygens (including phenoxy) is 1. The van der Waals surface area contributed by atoms with E-state index in [9.17, 15) is 0 Å². The Morgan fingerprint density at radius 2 is 1.77 bits per heavy atom. The fraction of sp³-hybridized carbons (Fsp3) is 0.588. The summed E-state index contributed by atoms with van der Waals surface area (Å²) in [5.74, 6) is 1.74. The van der Waals surface area contributed by atoms with Crippen LogP contribution in [-0.4, -0.2) is 50.7 Å². The first kappa shape index (κ1) is 18.3. The van der Waals surface area contributed by atoms with Gasteiger partial charge in [-0.25, -0.2) is 4.99 Å². The third-order valence-electron chi connectivity index (χ3n) is 3.54. The third-order valence-corrected chi connectivity index (χ3v) is 3.54. The van der Waals surface area contributed by atoms with Gasteiger partial charge in [-0.3, -0.25) is 0 Å². The SMILES string of the molecule is CCNC(=NCc1ccc(OC)cc1)NCCN(CC)CC. The first-order valence-electron chi connectivity index (χ1n) is 8.10. The maximum Gasteiger partial charge on any atom is 0.191 e. The number of hydrogen-bond acceptors (Lipinski definition) is 3. The minimum absolute atomic E-state index is 0.657. The molecular weight excluding hydrogens is 276 g/mol. The van der Waals surface area contributed by atoms with Gasteiger partial charge < -0.3 is 20.3 Å². The molecule has 0 radical (unpaired) electrons. The van der Waals surface area contributed by atoms with Crippen molar-refractivity contribution in [2.75, 3.05) is 39.8 Å². The van der Waals surface area contributed by atoms with Crippen molar-refractivity contribution in [1.29, 1.82) is 0 Å². The predicted octanol–water partition coefficient (Wildman–Crippen LogP) is 2.09. The van der Waals surface area contributed by atoms with Crippen LogP contribution in [0.15, 0.2) is 29.3 Å². The topological polar surface area (TPSA) is 48.9 Å². The van der Waals surface area contributed by atoms with Crippen LogP contribution in [0.1, 0.15) is 26.3 Å². The maximum atomic E-state index is 5.16. The Morgan fingerprint density at radius 3 is 2.32 bits per heavy atom. The molecule has 0 amide bonds. The molecule has 1 aromatic carbocycles. The van der Waals surface area contributed by atoms with Gasteiger partial charge in [0.2, 0.25) is 0 Å². The zero-order valence-corrected chi connectivity index (χ0v) is 14.4. The second-order valence-electron chi connectivity index (χ2n) is 5.00. The first-order valence-corrected chi connectivity index (χ1v) is 8.10. The monoisotopic (exact) mass is 306 g/mol. The average Bonchev–Trinajstić information content (AvgIpc) is 2.57. The molecule has 0 atom stereocenters. The van der Waals surface area contributed by atoms with Gasteiger partial charge in [-0.05, 0) is 37.7 Å². The van der Waals surface area contributed by atoms with Crippen molar-refractivity contribution < 1.29 is 4.74 Å². The summed E-state index contributed by atoms with van der Waals surface area (Å²) in [6, 6.07) is 8.01. The van der Waals surface area contributed by atoms with E-state index in [0.29, 0.717) is 6.54 Å². The quantitative estimate of drug-likeness (QED) is 0.542. The minimum atomic E-state index is 0.657. The lowest BCUT2D eigenvalue weighted by Gasteiger charge is -2.19. The lowest BCUT2D eigenvalue weighted by Crippen LogP contribution is -2.41. The summed E-state index contributed by atoms with van der Waals surface area (Å²) in [4.78, 5) is 7.01. The summed E-state index contributed by atoms with van der Waals surface area (Å²) >= 11 is 0. The molecule has 0 aliphatic rings. The minimum Gasteiger partial charge on any atom is -0.497 e. The highest BCUT2D eigenvalue weighted by atomic mass is 16.5. The summed E-state index contributed by atoms with van der Waals surface area (Å²) in [6.07, 6.45) is 0. The number of nitrogens with one attached hydrogen (secondary N) is 2. The first-order chi connectivity index (χ1) is 10.7. The molecule has 0 heterocycles. The van der Waals surface area contributed by atoms with Crippen LogP contribution in [0.2, 0.25) is 0 Å². The van der Waals surface area contributed by atoms with Crippen LogP contribution in [0.5, 0.6) is 5.75 Å². The van der Waals surface area contributed by atoms with Gasteiger partial charge in [0, 0.05) is 19.6 Å². The maximum absolute atomic E-state index is 5.16. The van der Waals surface area contributed by atoms with Crippen molar-refractivity contribution in [1.82, 2.24) is 15.5 Å². The number of rotatable bonds is 9. The molecular formula is C17H30N4O. The van der Waals surface area contributed by atoms with Crippen molar-refractivity contribution >= 4 is 5.96 Å². The molecule has 2 N–H and O–H groups in total. The molecule has 22 heavy (non-hydrogen) atoms. The Kier molecular flexibility index (Phi) is 9.07. The molecule has 0 saturated carbocycles. The van der Waals surface area contributed by atoms with Crippen LogP contribution in [0.4, 0.5) is 0 Å². The van der Waals surface area contributed by atoms with Crippen LogP contribution in [-0.2, 0) is 6.54 Å². The molecule has 0 saturated heterocycles. The van der Waals surface area contributed by atoms with Crippen LogP contribution >= 0.6 is 0 Å². The zero-order chi connectivity index (χ0) is 16.2. The Bertz CT molecular complexity index is 427. The molecule has 0 bridgehead atoms. The highest BCUT2D eigenvalue weighted by molar-refractivity contribution is 5.79. The number of hydrogen-bond donors (Lipinski definition) is 2. The second kappa shape index (κ2) is 10.9. The molecule has 0 aromatic heterocycles.